The molecule has 98 valence electrons. The van der Waals surface area contributed by atoms with E-state index in [2.05, 4.69) is 15.3 Å². The summed E-state index contributed by atoms with van der Waals surface area (Å²) in [6.45, 7) is -0.0597. The lowest BCUT2D eigenvalue weighted by atomic mass is 10.1. The molecule has 0 spiro atoms. The van der Waals surface area contributed by atoms with Crippen LogP contribution < -0.4 is 5.32 Å². The van der Waals surface area contributed by atoms with Gasteiger partial charge in [0, 0.05) is 29.3 Å². The monoisotopic (exact) mass is 272 g/mol. The van der Waals surface area contributed by atoms with Gasteiger partial charge in [-0.1, -0.05) is 0 Å². The number of rotatable bonds is 5. The van der Waals surface area contributed by atoms with Crippen LogP contribution in [0.25, 0.3) is 0 Å². The van der Waals surface area contributed by atoms with Crippen LogP contribution in [0.2, 0.25) is 0 Å². The van der Waals surface area contributed by atoms with Gasteiger partial charge in [0.15, 0.2) is 0 Å². The van der Waals surface area contributed by atoms with Gasteiger partial charge in [-0.15, -0.1) is 9.42 Å². The minimum atomic E-state index is -2.64. The highest BCUT2D eigenvalue weighted by Crippen LogP contribution is 2.35. The third-order valence-electron chi connectivity index (χ3n) is 3.02. The third-order valence-corrected chi connectivity index (χ3v) is 3.48. The van der Waals surface area contributed by atoms with Gasteiger partial charge in [-0.3, -0.25) is 0 Å². The molecule has 8 heteroatoms. The van der Waals surface area contributed by atoms with Crippen molar-refractivity contribution in [1.29, 1.82) is 0 Å². The molecule has 0 saturated heterocycles. The van der Waals surface area contributed by atoms with Crippen LogP contribution in [0.15, 0.2) is 18.6 Å². The summed E-state index contributed by atoms with van der Waals surface area (Å²) < 4.78 is 15.6. The Morgan fingerprint density at radius 1 is 1.56 bits per heavy atom. The first-order chi connectivity index (χ1) is 8.69. The van der Waals surface area contributed by atoms with E-state index in [0.717, 1.165) is 0 Å². The van der Waals surface area contributed by atoms with E-state index < -0.39 is 14.4 Å². The first kappa shape index (κ1) is 13.3. The fraction of sp³-hybridized carbons (Fsp3) is 0.600. The van der Waals surface area contributed by atoms with E-state index in [4.69, 9.17) is 9.42 Å². The number of aromatic nitrogens is 2. The number of aliphatic hydroxyl groups is 1. The molecular weight excluding hydrogens is 257 g/mol. The Kier molecular flexibility index (Phi) is 4.54. The van der Waals surface area contributed by atoms with E-state index in [1.165, 1.54) is 6.33 Å². The average Bonchev–Trinajstić information content (AvgIpc) is 2.71. The molecule has 18 heavy (non-hydrogen) atoms. The summed E-state index contributed by atoms with van der Waals surface area (Å²) in [4.78, 5) is 16.6. The zero-order valence-corrected chi connectivity index (χ0v) is 10.5. The van der Waals surface area contributed by atoms with Crippen molar-refractivity contribution in [2.24, 2.45) is 5.92 Å². The number of hydrogen-bond acceptors (Lipinski definition) is 6. The first-order valence-corrected chi connectivity index (χ1v) is 6.78. The molecule has 1 aromatic heterocycles. The molecule has 0 bridgehead atoms. The summed E-state index contributed by atoms with van der Waals surface area (Å²) in [7, 11) is -2.64. The van der Waals surface area contributed by atoms with Crippen LogP contribution >= 0.6 is 8.25 Å². The molecular formula is C10H15N3O4P+. The second-order valence-corrected chi connectivity index (χ2v) is 4.92. The summed E-state index contributed by atoms with van der Waals surface area (Å²) in [5.74, 6) is 0.566. The minimum absolute atomic E-state index is 0.0597. The highest BCUT2D eigenvalue weighted by molar-refractivity contribution is 7.32. The van der Waals surface area contributed by atoms with E-state index in [9.17, 15) is 9.67 Å². The summed E-state index contributed by atoms with van der Waals surface area (Å²) in [6, 6.07) is 1.81. The fourth-order valence-corrected chi connectivity index (χ4v) is 2.72. The van der Waals surface area contributed by atoms with Crippen molar-refractivity contribution in [3.05, 3.63) is 18.6 Å². The van der Waals surface area contributed by atoms with Crippen LogP contribution in [0.3, 0.4) is 0 Å². The van der Waals surface area contributed by atoms with E-state index in [1.54, 1.807) is 12.3 Å². The number of nitrogens with zero attached hydrogens (tertiary/aromatic N) is 2. The standard InChI is InChI=1S/C10H14N3O4P/c14-5-7-3-8(4-9(7)17-18(15)16)13-10-1-2-11-6-12-10/h1-2,6-9,14H,3-5H2,(H-,11,12,13,15,16)/p+1/t7-,8-,9-/m1/s1. The highest BCUT2D eigenvalue weighted by atomic mass is 31.1. The van der Waals surface area contributed by atoms with Crippen LogP contribution in [-0.4, -0.2) is 38.7 Å². The largest absolute Gasteiger partial charge is 0.695 e. The highest BCUT2D eigenvalue weighted by Gasteiger charge is 2.40. The molecule has 7 nitrogen and oxygen atoms in total. The summed E-state index contributed by atoms with van der Waals surface area (Å²) in [6.07, 6.45) is 3.92. The maximum Gasteiger partial charge on any atom is 0.695 e. The lowest BCUT2D eigenvalue weighted by Gasteiger charge is -2.12. The number of aliphatic hydroxyl groups excluding tert-OH is 1. The van der Waals surface area contributed by atoms with Crippen molar-refractivity contribution in [1.82, 2.24) is 9.97 Å². The van der Waals surface area contributed by atoms with Crippen molar-refractivity contribution in [3.63, 3.8) is 0 Å². The molecule has 4 atom stereocenters. The molecule has 0 aromatic carbocycles. The minimum Gasteiger partial charge on any atom is -0.396 e. The summed E-state index contributed by atoms with van der Waals surface area (Å²) in [5, 5.41) is 12.4. The van der Waals surface area contributed by atoms with E-state index in [0.29, 0.717) is 18.7 Å². The van der Waals surface area contributed by atoms with Crippen LogP contribution in [0.4, 0.5) is 5.82 Å². The van der Waals surface area contributed by atoms with Crippen LogP contribution in [0.1, 0.15) is 12.8 Å². The van der Waals surface area contributed by atoms with E-state index in [-0.39, 0.29) is 18.6 Å². The fourth-order valence-electron chi connectivity index (χ4n) is 2.23. The van der Waals surface area contributed by atoms with Gasteiger partial charge in [0.25, 0.3) is 0 Å². The quantitative estimate of drug-likeness (QED) is 0.677. The van der Waals surface area contributed by atoms with Crippen molar-refractivity contribution in [2.75, 3.05) is 11.9 Å². The zero-order valence-electron chi connectivity index (χ0n) is 9.64. The SMILES string of the molecule is O=[P+](O)O[C@@H]1C[C@H](Nc2ccncn2)C[C@@H]1CO. The molecule has 1 fully saturated rings. The normalized spacial score (nSPS) is 28.1. The van der Waals surface area contributed by atoms with Gasteiger partial charge in [0.2, 0.25) is 0 Å². The second-order valence-electron chi connectivity index (χ2n) is 4.23. The van der Waals surface area contributed by atoms with Crippen molar-refractivity contribution in [2.45, 2.75) is 25.0 Å². The van der Waals surface area contributed by atoms with Gasteiger partial charge in [-0.25, -0.2) is 9.97 Å². The lowest BCUT2D eigenvalue weighted by Crippen LogP contribution is -2.18. The molecule has 1 aliphatic carbocycles. The molecule has 1 saturated carbocycles. The van der Waals surface area contributed by atoms with E-state index >= 15 is 0 Å². The van der Waals surface area contributed by atoms with Gasteiger partial charge in [0.05, 0.1) is 0 Å². The third kappa shape index (κ3) is 3.43. The molecule has 1 unspecified atom stereocenters. The summed E-state index contributed by atoms with van der Waals surface area (Å²) >= 11 is 0. The topological polar surface area (TPSA) is 105 Å². The molecule has 0 aliphatic heterocycles. The smallest absolute Gasteiger partial charge is 0.396 e. The molecule has 3 N–H and O–H groups in total. The zero-order chi connectivity index (χ0) is 13.0. The average molecular weight is 272 g/mol. The Labute approximate surface area is 105 Å². The van der Waals surface area contributed by atoms with Crippen molar-refractivity contribution < 1.29 is 19.1 Å². The van der Waals surface area contributed by atoms with Gasteiger partial charge in [-0.05, 0) is 18.9 Å². The molecule has 1 heterocycles. The van der Waals surface area contributed by atoms with Crippen molar-refractivity contribution in [3.8, 4) is 0 Å². The Morgan fingerprint density at radius 2 is 2.39 bits per heavy atom. The maximum absolute atomic E-state index is 10.7. The molecule has 0 amide bonds. The number of hydrogen-bond donors (Lipinski definition) is 3. The second kappa shape index (κ2) is 6.15. The lowest BCUT2D eigenvalue weighted by molar-refractivity contribution is 0.106. The maximum atomic E-state index is 10.7. The van der Waals surface area contributed by atoms with Gasteiger partial charge < -0.3 is 10.4 Å². The van der Waals surface area contributed by atoms with Crippen LogP contribution in [0, 0.1) is 5.92 Å². The predicted octanol–water partition coefficient (Wildman–Crippen LogP) is 0.694. The number of anilines is 1. The van der Waals surface area contributed by atoms with Gasteiger partial charge in [0.1, 0.15) is 18.2 Å². The predicted molar refractivity (Wildman–Crippen MR) is 64.0 cm³/mol. The van der Waals surface area contributed by atoms with E-state index in [1.807, 2.05) is 0 Å². The molecule has 1 aromatic rings. The summed E-state index contributed by atoms with van der Waals surface area (Å²) in [5.41, 5.74) is 0. The van der Waals surface area contributed by atoms with Crippen molar-refractivity contribution >= 4 is 14.1 Å². The molecule has 2 rings (SSSR count). The van der Waals surface area contributed by atoms with Gasteiger partial charge in [-0.2, -0.15) is 0 Å². The van der Waals surface area contributed by atoms with Crippen LogP contribution in [-0.2, 0) is 9.09 Å². The Morgan fingerprint density at radius 3 is 3.00 bits per heavy atom. The van der Waals surface area contributed by atoms with Crippen LogP contribution in [0.5, 0.6) is 0 Å². The number of nitrogens with one attached hydrogen (secondary N) is 1. The Balaban J connectivity index is 1.94. The molecule has 1 aliphatic rings. The molecule has 0 radical (unpaired) electrons. The Bertz CT molecular complexity index is 405. The van der Waals surface area contributed by atoms with Gasteiger partial charge >= 0.3 is 8.25 Å². The first-order valence-electron chi connectivity index (χ1n) is 5.65. The Hall–Kier alpha value is -1.14.